The molecule has 1 saturated carbocycles. The Labute approximate surface area is 297 Å². The minimum atomic E-state index is -0.784. The Balaban J connectivity index is 1.36. The fourth-order valence-corrected chi connectivity index (χ4v) is 6.86. The van der Waals surface area contributed by atoms with E-state index in [1.807, 2.05) is 87.5 Å². The predicted octanol–water partition coefficient (Wildman–Crippen LogP) is 5.99. The van der Waals surface area contributed by atoms with Crippen LogP contribution in [0.15, 0.2) is 76.7 Å². The third-order valence-electron chi connectivity index (χ3n) is 8.75. The summed E-state index contributed by atoms with van der Waals surface area (Å²) in [5.41, 5.74) is 2.13. The predicted molar refractivity (Wildman–Crippen MR) is 197 cm³/mol. The van der Waals surface area contributed by atoms with Gasteiger partial charge < -0.3 is 20.9 Å². The largest absolute Gasteiger partial charge is 0.355 e. The Bertz CT molecular complexity index is 1890. The van der Waals surface area contributed by atoms with Crippen molar-refractivity contribution in [3.8, 4) is 0 Å². The van der Waals surface area contributed by atoms with E-state index in [4.69, 9.17) is 5.10 Å². The summed E-state index contributed by atoms with van der Waals surface area (Å²) in [6.07, 6.45) is 8.12. The number of hydrogen-bond donors (Lipinski definition) is 3. The Kier molecular flexibility index (Phi) is 11.4. The van der Waals surface area contributed by atoms with Crippen LogP contribution >= 0.6 is 11.8 Å². The van der Waals surface area contributed by atoms with Gasteiger partial charge in [-0.05, 0) is 108 Å². The third-order valence-corrected chi connectivity index (χ3v) is 9.82. The molecule has 262 valence electrons. The second-order valence-electron chi connectivity index (χ2n) is 13.6. The highest BCUT2D eigenvalue weighted by molar-refractivity contribution is 7.99. The summed E-state index contributed by atoms with van der Waals surface area (Å²) in [6, 6.07) is 17.3. The Morgan fingerprint density at radius 2 is 1.70 bits per heavy atom. The van der Waals surface area contributed by atoms with Crippen LogP contribution in [-0.4, -0.2) is 75.1 Å². The van der Waals surface area contributed by atoms with Gasteiger partial charge in [0.15, 0.2) is 0 Å². The van der Waals surface area contributed by atoms with Crippen molar-refractivity contribution >= 4 is 58.6 Å². The van der Waals surface area contributed by atoms with Crippen molar-refractivity contribution in [3.63, 3.8) is 0 Å². The molecule has 1 atom stereocenters. The van der Waals surface area contributed by atoms with E-state index in [9.17, 15) is 19.2 Å². The van der Waals surface area contributed by atoms with Crippen LogP contribution in [0.3, 0.4) is 0 Å². The maximum atomic E-state index is 14.1. The number of pyridine rings is 1. The molecule has 2 heterocycles. The lowest BCUT2D eigenvalue weighted by Crippen LogP contribution is -2.51. The SMILES string of the molecule is CNC(=O)c1ccccc1Sc1ccc2c(/C=C/c3ccccn3)nn(C(=O)N(C)[C@@H](C)C(=O)N[C@H]3CC[C@H](C(=O)NC(C)(C)C)CC3)c2c1. The van der Waals surface area contributed by atoms with Crippen LogP contribution in [0.5, 0.6) is 0 Å². The number of hydrogen-bond acceptors (Lipinski definition) is 7. The topological polar surface area (TPSA) is 138 Å². The van der Waals surface area contributed by atoms with E-state index in [0.717, 1.165) is 20.9 Å². The van der Waals surface area contributed by atoms with Gasteiger partial charge in [-0.1, -0.05) is 30.0 Å². The molecule has 11 nitrogen and oxygen atoms in total. The molecule has 12 heteroatoms. The van der Waals surface area contributed by atoms with Gasteiger partial charge in [0.25, 0.3) is 5.91 Å². The number of fused-ring (bicyclic) bond motifs is 1. The van der Waals surface area contributed by atoms with Crippen LogP contribution in [0.4, 0.5) is 4.79 Å². The van der Waals surface area contributed by atoms with Crippen LogP contribution in [0.2, 0.25) is 0 Å². The first kappa shape index (κ1) is 36.3. The molecule has 0 saturated heterocycles. The lowest BCUT2D eigenvalue weighted by Gasteiger charge is -2.32. The van der Waals surface area contributed by atoms with Crippen molar-refractivity contribution in [2.45, 2.75) is 80.8 Å². The molecular formula is C38H45N7O4S. The van der Waals surface area contributed by atoms with Crippen molar-refractivity contribution in [1.29, 1.82) is 0 Å². The molecule has 0 aliphatic heterocycles. The van der Waals surface area contributed by atoms with Gasteiger partial charge in [-0.3, -0.25) is 19.4 Å². The zero-order chi connectivity index (χ0) is 36.0. The van der Waals surface area contributed by atoms with Gasteiger partial charge in [0, 0.05) is 53.0 Å². The Hall–Kier alpha value is -4.97. The van der Waals surface area contributed by atoms with E-state index in [0.29, 0.717) is 42.5 Å². The van der Waals surface area contributed by atoms with E-state index in [1.165, 1.54) is 21.3 Å². The number of benzene rings is 2. The van der Waals surface area contributed by atoms with Crippen molar-refractivity contribution in [2.75, 3.05) is 14.1 Å². The molecule has 0 radical (unpaired) electrons. The zero-order valence-corrected chi connectivity index (χ0v) is 30.2. The molecule has 0 spiro atoms. The minimum absolute atomic E-state index is 0.0545. The van der Waals surface area contributed by atoms with Crippen molar-refractivity contribution in [1.82, 2.24) is 35.6 Å². The van der Waals surface area contributed by atoms with Gasteiger partial charge >= 0.3 is 6.03 Å². The average Bonchev–Trinajstić information content (AvgIpc) is 3.47. The molecule has 3 N–H and O–H groups in total. The fourth-order valence-electron chi connectivity index (χ4n) is 5.88. The number of rotatable bonds is 9. The number of carbonyl (C=O) groups is 4. The van der Waals surface area contributed by atoms with E-state index in [-0.39, 0.29) is 35.2 Å². The maximum Gasteiger partial charge on any atom is 0.345 e. The average molecular weight is 696 g/mol. The molecule has 1 fully saturated rings. The summed E-state index contributed by atoms with van der Waals surface area (Å²) in [4.78, 5) is 60.0. The molecule has 5 rings (SSSR count). The van der Waals surface area contributed by atoms with Crippen LogP contribution in [0.1, 0.15) is 75.1 Å². The van der Waals surface area contributed by atoms with Crippen LogP contribution < -0.4 is 16.0 Å². The number of nitrogens with zero attached hydrogens (tertiary/aromatic N) is 4. The fraction of sp³-hybridized carbons (Fsp3) is 0.368. The number of carbonyl (C=O) groups excluding carboxylic acids is 4. The zero-order valence-electron chi connectivity index (χ0n) is 29.4. The lowest BCUT2D eigenvalue weighted by molar-refractivity contribution is -0.127. The summed E-state index contributed by atoms with van der Waals surface area (Å²) in [5.74, 6) is -0.473. The van der Waals surface area contributed by atoms with Gasteiger partial charge in [-0.15, -0.1) is 0 Å². The molecule has 0 bridgehead atoms. The number of likely N-dealkylation sites (N-methyl/N-ethyl adjacent to an activating group) is 1. The second-order valence-corrected chi connectivity index (χ2v) is 14.7. The van der Waals surface area contributed by atoms with Gasteiger partial charge in [0.2, 0.25) is 11.8 Å². The first-order valence-corrected chi connectivity index (χ1v) is 17.7. The highest BCUT2D eigenvalue weighted by Crippen LogP contribution is 2.34. The smallest absolute Gasteiger partial charge is 0.345 e. The van der Waals surface area contributed by atoms with Crippen LogP contribution in [0, 0.1) is 5.92 Å². The molecule has 2 aromatic carbocycles. The molecular weight excluding hydrogens is 651 g/mol. The monoisotopic (exact) mass is 695 g/mol. The van der Waals surface area contributed by atoms with E-state index in [2.05, 4.69) is 20.9 Å². The highest BCUT2D eigenvalue weighted by atomic mass is 32.2. The third kappa shape index (κ3) is 8.78. The summed E-state index contributed by atoms with van der Waals surface area (Å²) in [5, 5.41) is 14.3. The summed E-state index contributed by atoms with van der Waals surface area (Å²) in [7, 11) is 3.19. The molecule has 1 aliphatic carbocycles. The molecule has 4 amide bonds. The van der Waals surface area contributed by atoms with Gasteiger partial charge in [0.05, 0.1) is 22.5 Å². The minimum Gasteiger partial charge on any atom is -0.355 e. The molecule has 4 aromatic rings. The maximum absolute atomic E-state index is 14.1. The highest BCUT2D eigenvalue weighted by Gasteiger charge is 2.32. The van der Waals surface area contributed by atoms with Gasteiger partial charge in [-0.25, -0.2) is 4.79 Å². The van der Waals surface area contributed by atoms with E-state index >= 15 is 0 Å². The molecule has 0 unspecified atom stereocenters. The van der Waals surface area contributed by atoms with Crippen molar-refractivity contribution in [3.05, 3.63) is 83.8 Å². The van der Waals surface area contributed by atoms with Crippen LogP contribution in [0.25, 0.3) is 23.1 Å². The summed E-state index contributed by atoms with van der Waals surface area (Å²) in [6.45, 7) is 7.59. The number of amides is 4. The lowest BCUT2D eigenvalue weighted by atomic mass is 9.85. The van der Waals surface area contributed by atoms with E-state index < -0.39 is 12.1 Å². The van der Waals surface area contributed by atoms with Crippen LogP contribution in [-0.2, 0) is 9.59 Å². The van der Waals surface area contributed by atoms with Gasteiger partial charge in [-0.2, -0.15) is 9.78 Å². The first-order valence-electron chi connectivity index (χ1n) is 16.8. The second kappa shape index (κ2) is 15.7. The standard InChI is InChI=1S/C38H45N7O4S/c1-24(34(46)41-27-16-14-25(15-17-27)35(47)42-38(2,3)4)44(6)37(49)45-32-23-28(50-33-13-8-7-12-30(33)36(48)39-5)19-20-29(32)31(43-45)21-18-26-11-9-10-22-40-26/h7-13,18-25,27H,14-17H2,1-6H3,(H,39,48)(H,41,46)(H,42,47)/b21-18+/t24-,25-,27-/m0/s1. The molecule has 50 heavy (non-hydrogen) atoms. The molecule has 2 aromatic heterocycles. The first-order chi connectivity index (χ1) is 23.8. The quantitative estimate of drug-likeness (QED) is 0.196. The normalized spacial score (nSPS) is 16.9. The van der Waals surface area contributed by atoms with Crippen molar-refractivity contribution < 1.29 is 19.2 Å². The van der Waals surface area contributed by atoms with E-state index in [1.54, 1.807) is 33.3 Å². The van der Waals surface area contributed by atoms with Gasteiger partial charge in [0.1, 0.15) is 6.04 Å². The Morgan fingerprint density at radius 3 is 2.38 bits per heavy atom. The number of aromatic nitrogens is 3. The molecule has 1 aliphatic rings. The summed E-state index contributed by atoms with van der Waals surface area (Å²) < 4.78 is 1.32. The van der Waals surface area contributed by atoms with Crippen molar-refractivity contribution in [2.24, 2.45) is 5.92 Å². The summed E-state index contributed by atoms with van der Waals surface area (Å²) >= 11 is 1.41. The number of nitrogens with one attached hydrogen (secondary N) is 3. The Morgan fingerprint density at radius 1 is 0.980 bits per heavy atom.